The molecule has 2 heterocycles. The van der Waals surface area contributed by atoms with E-state index in [0.717, 1.165) is 17.5 Å². The maximum atomic E-state index is 12.6. The van der Waals surface area contributed by atoms with Gasteiger partial charge < -0.3 is 15.0 Å². The lowest BCUT2D eigenvalue weighted by atomic mass is 10.1. The molecule has 6 nitrogen and oxygen atoms in total. The summed E-state index contributed by atoms with van der Waals surface area (Å²) >= 11 is 1.60. The van der Waals surface area contributed by atoms with Gasteiger partial charge >= 0.3 is 5.97 Å². The van der Waals surface area contributed by atoms with Crippen LogP contribution >= 0.6 is 11.8 Å². The highest BCUT2D eigenvalue weighted by atomic mass is 32.2. The van der Waals surface area contributed by atoms with Gasteiger partial charge in [0.25, 0.3) is 5.91 Å². The van der Waals surface area contributed by atoms with Crippen LogP contribution in [-0.4, -0.2) is 45.5 Å². The summed E-state index contributed by atoms with van der Waals surface area (Å²) in [5.41, 5.74) is 2.68. The molecule has 1 aromatic rings. The van der Waals surface area contributed by atoms with E-state index in [9.17, 15) is 14.4 Å². The molecule has 0 aromatic heterocycles. The molecule has 0 saturated carbocycles. The Morgan fingerprint density at radius 2 is 2.12 bits per heavy atom. The summed E-state index contributed by atoms with van der Waals surface area (Å²) < 4.78 is 5.38. The SMILES string of the molecule is Cc1ccc(C)c(NC(=O)[C@H](C)OC(=O)[C@H]2CS[C@@]3(C)CCC(=O)N23)c1. The monoisotopic (exact) mass is 376 g/mol. The lowest BCUT2D eigenvalue weighted by molar-refractivity contribution is -0.160. The van der Waals surface area contributed by atoms with Crippen molar-refractivity contribution in [1.29, 1.82) is 0 Å². The minimum atomic E-state index is -0.933. The van der Waals surface area contributed by atoms with Gasteiger partial charge in [-0.1, -0.05) is 12.1 Å². The zero-order chi connectivity index (χ0) is 19.1. The number of nitrogens with one attached hydrogen (secondary N) is 1. The predicted octanol–water partition coefficient (Wildman–Crippen LogP) is 2.63. The summed E-state index contributed by atoms with van der Waals surface area (Å²) in [7, 11) is 0. The molecule has 140 valence electrons. The molecular formula is C19H24N2O4S. The van der Waals surface area contributed by atoms with E-state index in [1.165, 1.54) is 0 Å². The summed E-state index contributed by atoms with van der Waals surface area (Å²) in [5.74, 6) is -0.410. The fourth-order valence-corrected chi connectivity index (χ4v) is 4.82. The van der Waals surface area contributed by atoms with Crippen molar-refractivity contribution in [3.8, 4) is 0 Å². The van der Waals surface area contributed by atoms with Crippen molar-refractivity contribution in [1.82, 2.24) is 4.90 Å². The Hall–Kier alpha value is -2.02. The molecule has 0 radical (unpaired) electrons. The molecule has 3 rings (SSSR count). The van der Waals surface area contributed by atoms with Crippen LogP contribution in [0.4, 0.5) is 5.69 Å². The summed E-state index contributed by atoms with van der Waals surface area (Å²) in [6.07, 6.45) is 0.260. The quantitative estimate of drug-likeness (QED) is 0.818. The average molecular weight is 376 g/mol. The summed E-state index contributed by atoms with van der Waals surface area (Å²) in [6.45, 7) is 7.37. The molecule has 3 atom stereocenters. The maximum Gasteiger partial charge on any atom is 0.330 e. The van der Waals surface area contributed by atoms with Crippen molar-refractivity contribution < 1.29 is 19.1 Å². The van der Waals surface area contributed by atoms with E-state index in [0.29, 0.717) is 17.9 Å². The second-order valence-corrected chi connectivity index (χ2v) is 8.65. The van der Waals surface area contributed by atoms with Crippen LogP contribution in [0.25, 0.3) is 0 Å². The van der Waals surface area contributed by atoms with Crippen molar-refractivity contribution in [2.75, 3.05) is 11.1 Å². The van der Waals surface area contributed by atoms with E-state index in [4.69, 9.17) is 4.74 Å². The van der Waals surface area contributed by atoms with Gasteiger partial charge in [-0.15, -0.1) is 11.8 Å². The number of aryl methyl sites for hydroxylation is 2. The molecule has 1 aromatic carbocycles. The van der Waals surface area contributed by atoms with Crippen LogP contribution in [0.3, 0.4) is 0 Å². The van der Waals surface area contributed by atoms with Crippen molar-refractivity contribution in [3.05, 3.63) is 29.3 Å². The lowest BCUT2D eigenvalue weighted by Crippen LogP contribution is -2.48. The standard InChI is InChI=1S/C19H24N2O4S/c1-11-5-6-12(2)14(9-11)20-17(23)13(3)25-18(24)15-10-26-19(4)8-7-16(22)21(15)19/h5-6,9,13,15H,7-8,10H2,1-4H3,(H,20,23)/t13-,15+,19-/m0/s1. The number of hydrogen-bond acceptors (Lipinski definition) is 5. The fourth-order valence-electron chi connectivity index (χ4n) is 3.41. The van der Waals surface area contributed by atoms with Gasteiger partial charge in [0.15, 0.2) is 6.10 Å². The number of hydrogen-bond donors (Lipinski definition) is 1. The molecule has 0 aliphatic carbocycles. The topological polar surface area (TPSA) is 75.7 Å². The van der Waals surface area contributed by atoms with E-state index < -0.39 is 18.1 Å². The molecule has 26 heavy (non-hydrogen) atoms. The first-order valence-electron chi connectivity index (χ1n) is 8.76. The van der Waals surface area contributed by atoms with Gasteiger partial charge in [-0.2, -0.15) is 0 Å². The first-order valence-corrected chi connectivity index (χ1v) is 9.74. The minimum Gasteiger partial charge on any atom is -0.451 e. The zero-order valence-corrected chi connectivity index (χ0v) is 16.3. The molecule has 2 aliphatic heterocycles. The van der Waals surface area contributed by atoms with Gasteiger partial charge in [0.2, 0.25) is 5.91 Å². The van der Waals surface area contributed by atoms with Crippen LogP contribution in [0, 0.1) is 13.8 Å². The first-order chi connectivity index (χ1) is 12.2. The number of carbonyl (C=O) groups excluding carboxylic acids is 3. The second kappa shape index (κ2) is 6.95. The van der Waals surface area contributed by atoms with Crippen molar-refractivity contribution in [2.45, 2.75) is 57.6 Å². The summed E-state index contributed by atoms with van der Waals surface area (Å²) in [4.78, 5) is 38.4. The Labute approximate surface area is 157 Å². The van der Waals surface area contributed by atoms with E-state index in [1.807, 2.05) is 39.0 Å². The van der Waals surface area contributed by atoms with Crippen LogP contribution in [0.2, 0.25) is 0 Å². The van der Waals surface area contributed by atoms with Gasteiger partial charge in [0.1, 0.15) is 6.04 Å². The normalized spacial score (nSPS) is 25.8. The molecule has 0 spiro atoms. The van der Waals surface area contributed by atoms with Crippen LogP contribution in [-0.2, 0) is 19.1 Å². The van der Waals surface area contributed by atoms with Crippen LogP contribution in [0.15, 0.2) is 18.2 Å². The Kier molecular flexibility index (Phi) is 5.01. The second-order valence-electron chi connectivity index (χ2n) is 7.15. The Morgan fingerprint density at radius 3 is 2.85 bits per heavy atom. The van der Waals surface area contributed by atoms with E-state index >= 15 is 0 Å². The van der Waals surface area contributed by atoms with Crippen LogP contribution < -0.4 is 5.32 Å². The van der Waals surface area contributed by atoms with Gasteiger partial charge in [0, 0.05) is 17.9 Å². The highest BCUT2D eigenvalue weighted by molar-refractivity contribution is 8.01. The zero-order valence-electron chi connectivity index (χ0n) is 15.5. The molecule has 2 saturated heterocycles. The van der Waals surface area contributed by atoms with Gasteiger partial charge in [0.05, 0.1) is 4.87 Å². The Morgan fingerprint density at radius 1 is 1.38 bits per heavy atom. The predicted molar refractivity (Wildman–Crippen MR) is 101 cm³/mol. The van der Waals surface area contributed by atoms with E-state index in [1.54, 1.807) is 23.6 Å². The molecule has 2 fully saturated rings. The molecule has 7 heteroatoms. The van der Waals surface area contributed by atoms with Crippen molar-refractivity contribution in [3.63, 3.8) is 0 Å². The Bertz CT molecular complexity index is 766. The highest BCUT2D eigenvalue weighted by Gasteiger charge is 2.53. The number of rotatable bonds is 4. The largest absolute Gasteiger partial charge is 0.451 e. The number of carbonyl (C=O) groups is 3. The number of thioether (sulfide) groups is 1. The van der Waals surface area contributed by atoms with E-state index in [-0.39, 0.29) is 16.7 Å². The number of ether oxygens (including phenoxy) is 1. The minimum absolute atomic E-state index is 0.0214. The number of fused-ring (bicyclic) bond motifs is 1. The summed E-state index contributed by atoms with van der Waals surface area (Å²) in [5, 5.41) is 2.81. The number of anilines is 1. The third-order valence-electron chi connectivity index (χ3n) is 5.03. The third-order valence-corrected chi connectivity index (χ3v) is 6.54. The van der Waals surface area contributed by atoms with Crippen LogP contribution in [0.1, 0.15) is 37.8 Å². The van der Waals surface area contributed by atoms with E-state index in [2.05, 4.69) is 5.32 Å². The first kappa shape index (κ1) is 18.8. The Balaban J connectivity index is 1.63. The third kappa shape index (κ3) is 3.45. The summed E-state index contributed by atoms with van der Waals surface area (Å²) in [6, 6.07) is 5.16. The molecular weight excluding hydrogens is 352 g/mol. The number of nitrogens with zero attached hydrogens (tertiary/aromatic N) is 1. The maximum absolute atomic E-state index is 12.6. The van der Waals surface area contributed by atoms with Crippen molar-refractivity contribution in [2.24, 2.45) is 0 Å². The average Bonchev–Trinajstić information content (AvgIpc) is 3.07. The van der Waals surface area contributed by atoms with Crippen molar-refractivity contribution >= 4 is 35.2 Å². The molecule has 2 amide bonds. The van der Waals surface area contributed by atoms with Crippen LogP contribution in [0.5, 0.6) is 0 Å². The van der Waals surface area contributed by atoms with Gasteiger partial charge in [-0.05, 0) is 51.3 Å². The molecule has 1 N–H and O–H groups in total. The number of benzene rings is 1. The molecule has 0 unspecified atom stereocenters. The lowest BCUT2D eigenvalue weighted by Gasteiger charge is -2.29. The van der Waals surface area contributed by atoms with Gasteiger partial charge in [-0.25, -0.2) is 4.79 Å². The molecule has 0 bridgehead atoms. The van der Waals surface area contributed by atoms with Gasteiger partial charge in [-0.3, -0.25) is 9.59 Å². The smallest absolute Gasteiger partial charge is 0.330 e. The fraction of sp³-hybridized carbons (Fsp3) is 0.526. The number of esters is 1. The number of amides is 2. The highest BCUT2D eigenvalue weighted by Crippen LogP contribution is 2.47. The molecule has 2 aliphatic rings.